The predicted molar refractivity (Wildman–Crippen MR) is 91.0 cm³/mol. The van der Waals surface area contributed by atoms with Crippen molar-refractivity contribution in [1.82, 2.24) is 14.3 Å². The van der Waals surface area contributed by atoms with E-state index in [-0.39, 0.29) is 0 Å². The van der Waals surface area contributed by atoms with Crippen molar-refractivity contribution in [2.45, 2.75) is 18.5 Å². The summed E-state index contributed by atoms with van der Waals surface area (Å²) in [6.07, 6.45) is 4.98. The van der Waals surface area contributed by atoms with Crippen molar-refractivity contribution in [2.75, 3.05) is 5.32 Å². The van der Waals surface area contributed by atoms with Crippen molar-refractivity contribution in [1.29, 1.82) is 0 Å². The molecule has 0 amide bonds. The number of nitrogens with zero attached hydrogens (tertiary/aromatic N) is 3. The van der Waals surface area contributed by atoms with Crippen LogP contribution in [0.15, 0.2) is 48.9 Å². The molecule has 0 saturated heterocycles. The molecule has 0 unspecified atom stereocenters. The first-order valence-electron chi connectivity index (χ1n) is 7.70. The molecule has 4 nitrogen and oxygen atoms in total. The maximum atomic E-state index is 14.0. The Labute approximate surface area is 134 Å². The van der Waals surface area contributed by atoms with Gasteiger partial charge in [0.2, 0.25) is 0 Å². The zero-order valence-electron chi connectivity index (χ0n) is 13.3. The number of alkyl halides is 1. The second-order valence-corrected chi connectivity index (χ2v) is 6.31. The summed E-state index contributed by atoms with van der Waals surface area (Å²) in [6, 6.07) is 8.22. The molecule has 2 aromatic heterocycles. The smallest absolute Gasteiger partial charge is 0.150 e. The minimum atomic E-state index is -1.25. The molecular formula is C18H19FN4. The third-order valence-corrected chi connectivity index (χ3v) is 4.66. The largest absolute Gasteiger partial charge is 0.341 e. The first-order valence-corrected chi connectivity index (χ1v) is 7.70. The Morgan fingerprint density at radius 2 is 2.04 bits per heavy atom. The van der Waals surface area contributed by atoms with E-state index >= 15 is 0 Å². The Morgan fingerprint density at radius 3 is 2.70 bits per heavy atom. The third kappa shape index (κ3) is 2.32. The molecular weight excluding hydrogens is 291 g/mol. The highest BCUT2D eigenvalue weighted by Gasteiger charge is 2.46. The maximum Gasteiger partial charge on any atom is 0.150 e. The van der Waals surface area contributed by atoms with Gasteiger partial charge in [0.15, 0.2) is 0 Å². The van der Waals surface area contributed by atoms with E-state index in [1.165, 1.54) is 5.69 Å². The van der Waals surface area contributed by atoms with Gasteiger partial charge in [-0.25, -0.2) is 9.37 Å². The summed E-state index contributed by atoms with van der Waals surface area (Å²) >= 11 is 0. The molecule has 1 saturated carbocycles. The highest BCUT2D eigenvalue weighted by molar-refractivity contribution is 5.88. The summed E-state index contributed by atoms with van der Waals surface area (Å²) in [4.78, 5) is 4.35. The van der Waals surface area contributed by atoms with E-state index in [0.717, 1.165) is 16.3 Å². The molecule has 118 valence electrons. The van der Waals surface area contributed by atoms with Crippen molar-refractivity contribution in [3.8, 4) is 11.3 Å². The Kier molecular flexibility index (Phi) is 2.88. The van der Waals surface area contributed by atoms with Crippen molar-refractivity contribution in [3.05, 3.63) is 48.9 Å². The molecule has 2 heterocycles. The topological polar surface area (TPSA) is 34.8 Å². The van der Waals surface area contributed by atoms with Gasteiger partial charge in [-0.3, -0.25) is 9.36 Å². The lowest BCUT2D eigenvalue weighted by molar-refractivity contribution is 0.363. The number of halogens is 1. The van der Waals surface area contributed by atoms with Crippen molar-refractivity contribution in [3.63, 3.8) is 0 Å². The zero-order valence-corrected chi connectivity index (χ0v) is 13.3. The number of hydrogen-bond acceptors (Lipinski definition) is 2. The van der Waals surface area contributed by atoms with E-state index < -0.39 is 5.67 Å². The molecule has 1 aliphatic carbocycles. The normalized spacial score (nSPS) is 15.8. The van der Waals surface area contributed by atoms with Crippen LogP contribution < -0.4 is 5.32 Å². The second-order valence-electron chi connectivity index (χ2n) is 6.31. The van der Waals surface area contributed by atoms with Gasteiger partial charge in [0.1, 0.15) is 11.5 Å². The van der Waals surface area contributed by atoms with E-state index in [1.54, 1.807) is 6.20 Å². The molecule has 5 heteroatoms. The molecule has 4 rings (SSSR count). The minimum Gasteiger partial charge on any atom is -0.341 e. The Morgan fingerprint density at radius 1 is 1.26 bits per heavy atom. The van der Waals surface area contributed by atoms with Crippen molar-refractivity contribution < 1.29 is 4.39 Å². The summed E-state index contributed by atoms with van der Waals surface area (Å²) in [5, 5.41) is 5.14. The number of benzene rings is 1. The number of pyridine rings is 1. The number of hydrogen-bond donors (Lipinski definition) is 1. The van der Waals surface area contributed by atoms with Crippen LogP contribution in [-0.2, 0) is 14.1 Å². The van der Waals surface area contributed by atoms with Gasteiger partial charge in [-0.15, -0.1) is 0 Å². The fourth-order valence-corrected chi connectivity index (χ4v) is 2.77. The fraction of sp³-hybridized carbons (Fsp3) is 0.278. The Balaban J connectivity index is 1.67. The number of rotatable bonds is 4. The van der Waals surface area contributed by atoms with Gasteiger partial charge in [-0.2, -0.15) is 0 Å². The number of nitrogens with one attached hydrogen (secondary N) is 1. The zero-order chi connectivity index (χ0) is 16.2. The van der Waals surface area contributed by atoms with Gasteiger partial charge in [-0.05, 0) is 30.4 Å². The molecule has 0 aliphatic heterocycles. The number of aromatic nitrogens is 3. The number of allylic oxidation sites excluding steroid dienone is 1. The van der Waals surface area contributed by atoms with Gasteiger partial charge in [0.25, 0.3) is 0 Å². The van der Waals surface area contributed by atoms with Gasteiger partial charge in [0.05, 0.1) is 5.69 Å². The predicted octanol–water partition coefficient (Wildman–Crippen LogP) is 4.01. The first kappa shape index (κ1) is 14.1. The Bertz CT molecular complexity index is 914. The molecule has 1 N–H and O–H groups in total. The number of fused-ring (bicyclic) bond motifs is 1. The van der Waals surface area contributed by atoms with Crippen LogP contribution in [-0.4, -0.2) is 20.0 Å². The van der Waals surface area contributed by atoms with Crippen LogP contribution in [0.4, 0.5) is 10.2 Å². The number of aryl methyl sites for hydroxylation is 1. The average Bonchev–Trinajstić information content (AvgIpc) is 3.30. The quantitative estimate of drug-likeness (QED) is 0.790. The van der Waals surface area contributed by atoms with E-state index in [4.69, 9.17) is 0 Å². The third-order valence-electron chi connectivity index (χ3n) is 4.66. The van der Waals surface area contributed by atoms with E-state index in [2.05, 4.69) is 46.0 Å². The summed E-state index contributed by atoms with van der Waals surface area (Å²) in [7, 11) is 4.03. The van der Waals surface area contributed by atoms with Gasteiger partial charge < -0.3 is 5.32 Å². The molecule has 1 aromatic carbocycles. The molecule has 1 aliphatic rings. The van der Waals surface area contributed by atoms with Crippen LogP contribution >= 0.6 is 0 Å². The summed E-state index contributed by atoms with van der Waals surface area (Å²) in [5.74, 6) is 0.636. The van der Waals surface area contributed by atoms with E-state index in [9.17, 15) is 4.39 Å². The number of anilines is 1. The molecule has 0 radical (unpaired) electrons. The van der Waals surface area contributed by atoms with Crippen LogP contribution in [0.5, 0.6) is 0 Å². The average molecular weight is 310 g/mol. The lowest BCUT2D eigenvalue weighted by Gasteiger charge is -2.20. The molecule has 3 aromatic rings. The lowest BCUT2D eigenvalue weighted by atomic mass is 10.1. The van der Waals surface area contributed by atoms with E-state index in [0.29, 0.717) is 24.4 Å². The standard InChI is InChI=1S/C18H19FN4/c1-12(18(19)6-7-18)21-17-9-15-8-13(4-5-14(15)10-20-17)16-11-22(2)23(16)3/h4-5,8-11H,1,6-7H2,2-3H3,(H,20,21). The van der Waals surface area contributed by atoms with Gasteiger partial charge in [-0.1, -0.05) is 18.7 Å². The minimum absolute atomic E-state index is 0.406. The van der Waals surface area contributed by atoms with Crippen LogP contribution in [0.2, 0.25) is 0 Å². The first-order chi connectivity index (χ1) is 11.0. The van der Waals surface area contributed by atoms with E-state index in [1.807, 2.05) is 24.8 Å². The van der Waals surface area contributed by atoms with Crippen molar-refractivity contribution in [2.24, 2.45) is 14.1 Å². The SMILES string of the molecule is C=C(Nc1cc2cc(-c3cn(C)n3C)ccc2cn1)C1(F)CC1. The van der Waals surface area contributed by atoms with Crippen LogP contribution in [0.25, 0.3) is 22.0 Å². The molecule has 0 spiro atoms. The summed E-state index contributed by atoms with van der Waals surface area (Å²) < 4.78 is 18.1. The lowest BCUT2D eigenvalue weighted by Crippen LogP contribution is -2.17. The molecule has 0 bridgehead atoms. The maximum absolute atomic E-state index is 14.0. The van der Waals surface area contributed by atoms with Crippen LogP contribution in [0.1, 0.15) is 12.8 Å². The second kappa shape index (κ2) is 4.72. The highest BCUT2D eigenvalue weighted by Crippen LogP contribution is 2.45. The Hall–Kier alpha value is -2.56. The van der Waals surface area contributed by atoms with Crippen LogP contribution in [0.3, 0.4) is 0 Å². The summed E-state index contributed by atoms with van der Waals surface area (Å²) in [5.41, 5.74) is 1.48. The molecule has 0 atom stereocenters. The highest BCUT2D eigenvalue weighted by atomic mass is 19.1. The summed E-state index contributed by atoms with van der Waals surface area (Å²) in [6.45, 7) is 3.80. The fourth-order valence-electron chi connectivity index (χ4n) is 2.77. The van der Waals surface area contributed by atoms with Gasteiger partial charge in [0, 0.05) is 43.1 Å². The molecule has 1 fully saturated rings. The van der Waals surface area contributed by atoms with Gasteiger partial charge >= 0.3 is 0 Å². The van der Waals surface area contributed by atoms with Crippen LogP contribution in [0, 0.1) is 0 Å². The molecule has 23 heavy (non-hydrogen) atoms. The monoisotopic (exact) mass is 310 g/mol. The van der Waals surface area contributed by atoms with Crippen molar-refractivity contribution >= 4 is 16.6 Å².